The molecule has 2 unspecified atom stereocenters. The van der Waals surface area contributed by atoms with E-state index in [9.17, 15) is 13.2 Å². The van der Waals surface area contributed by atoms with Crippen LogP contribution in [0.15, 0.2) is 28.0 Å². The lowest BCUT2D eigenvalue weighted by atomic mass is 9.70. The van der Waals surface area contributed by atoms with E-state index in [1.807, 2.05) is 0 Å². The number of rotatable bonds is 3. The van der Waals surface area contributed by atoms with Gasteiger partial charge in [0.2, 0.25) is 15.6 Å². The highest BCUT2D eigenvalue weighted by molar-refractivity contribution is 7.89. The highest BCUT2D eigenvalue weighted by Gasteiger charge is 2.36. The first-order valence-electron chi connectivity index (χ1n) is 7.41. The van der Waals surface area contributed by atoms with Crippen molar-refractivity contribution in [2.75, 3.05) is 0 Å². The molecule has 0 aromatic carbocycles. The van der Waals surface area contributed by atoms with E-state index in [-0.39, 0.29) is 21.9 Å². The van der Waals surface area contributed by atoms with Gasteiger partial charge < -0.3 is 4.98 Å². The van der Waals surface area contributed by atoms with Gasteiger partial charge in [0, 0.05) is 18.3 Å². The highest BCUT2D eigenvalue weighted by atomic mass is 32.2. The van der Waals surface area contributed by atoms with Gasteiger partial charge in [-0.05, 0) is 30.2 Å². The summed E-state index contributed by atoms with van der Waals surface area (Å²) in [7, 11) is -3.59. The lowest BCUT2D eigenvalue weighted by Crippen LogP contribution is -2.46. The molecule has 2 rings (SSSR count). The van der Waals surface area contributed by atoms with Crippen molar-refractivity contribution < 1.29 is 8.42 Å². The van der Waals surface area contributed by atoms with Crippen LogP contribution in [0.5, 0.6) is 0 Å². The number of aromatic amines is 1. The minimum Gasteiger partial charge on any atom is -0.328 e. The van der Waals surface area contributed by atoms with Gasteiger partial charge in [-0.3, -0.25) is 4.79 Å². The smallest absolute Gasteiger partial charge is 0.247 e. The van der Waals surface area contributed by atoms with Gasteiger partial charge in [0.05, 0.1) is 4.90 Å². The maximum atomic E-state index is 12.5. The van der Waals surface area contributed by atoms with E-state index >= 15 is 0 Å². The van der Waals surface area contributed by atoms with Crippen LogP contribution in [0.1, 0.15) is 46.5 Å². The lowest BCUT2D eigenvalue weighted by Gasteiger charge is -2.40. The average molecular weight is 312 g/mol. The molecule has 1 aliphatic carbocycles. The van der Waals surface area contributed by atoms with Crippen LogP contribution in [0.4, 0.5) is 0 Å². The number of nitrogens with one attached hydrogen (secondary N) is 2. The summed E-state index contributed by atoms with van der Waals surface area (Å²) in [5, 5.41) is 0. The summed E-state index contributed by atoms with van der Waals surface area (Å²) in [4.78, 5) is 13.6. The standard InChI is InChI=1S/C15H24N2O3S/c1-15(2,3)12-6-4-5-7-13(12)17-21(19,20)11-8-9-14(18)16-10-11/h8-10,12-13,17H,4-7H2,1-3H3,(H,16,18). The summed E-state index contributed by atoms with van der Waals surface area (Å²) in [6.07, 6.45) is 5.36. The summed E-state index contributed by atoms with van der Waals surface area (Å²) in [6.45, 7) is 6.47. The maximum absolute atomic E-state index is 12.5. The van der Waals surface area contributed by atoms with E-state index in [1.54, 1.807) is 0 Å². The molecule has 2 N–H and O–H groups in total. The molecule has 0 aliphatic heterocycles. The Kier molecular flexibility index (Phi) is 4.58. The van der Waals surface area contributed by atoms with Crippen LogP contribution >= 0.6 is 0 Å². The van der Waals surface area contributed by atoms with Crippen molar-refractivity contribution in [3.8, 4) is 0 Å². The fourth-order valence-electron chi connectivity index (χ4n) is 3.14. The third-order valence-corrected chi connectivity index (χ3v) is 5.74. The monoisotopic (exact) mass is 312 g/mol. The molecule has 1 fully saturated rings. The molecule has 0 saturated heterocycles. The SMILES string of the molecule is CC(C)(C)C1CCCCC1NS(=O)(=O)c1ccc(=O)[nH]c1. The van der Waals surface area contributed by atoms with Crippen molar-refractivity contribution >= 4 is 10.0 Å². The van der Waals surface area contributed by atoms with Crippen LogP contribution in [-0.2, 0) is 10.0 Å². The molecule has 0 bridgehead atoms. The van der Waals surface area contributed by atoms with Gasteiger partial charge in [-0.2, -0.15) is 0 Å². The van der Waals surface area contributed by atoms with Crippen LogP contribution in [0.3, 0.4) is 0 Å². The Hall–Kier alpha value is -1.14. The molecule has 0 spiro atoms. The lowest BCUT2D eigenvalue weighted by molar-refractivity contribution is 0.144. The van der Waals surface area contributed by atoms with E-state index in [0.29, 0.717) is 5.92 Å². The number of pyridine rings is 1. The third-order valence-electron chi connectivity index (χ3n) is 4.25. The zero-order chi connectivity index (χ0) is 15.7. The molecule has 21 heavy (non-hydrogen) atoms. The summed E-state index contributed by atoms with van der Waals surface area (Å²) >= 11 is 0. The van der Waals surface area contributed by atoms with Gasteiger partial charge in [-0.25, -0.2) is 13.1 Å². The first kappa shape index (κ1) is 16.2. The van der Waals surface area contributed by atoms with Crippen LogP contribution in [0.25, 0.3) is 0 Å². The van der Waals surface area contributed by atoms with Crippen LogP contribution in [0.2, 0.25) is 0 Å². The van der Waals surface area contributed by atoms with Crippen LogP contribution < -0.4 is 10.3 Å². The second-order valence-corrected chi connectivity index (χ2v) is 8.59. The first-order chi connectivity index (χ1) is 9.70. The molecular formula is C15H24N2O3S. The van der Waals surface area contributed by atoms with Crippen molar-refractivity contribution in [1.82, 2.24) is 9.71 Å². The molecule has 1 aromatic heterocycles. The molecule has 0 amide bonds. The topological polar surface area (TPSA) is 79.0 Å². The van der Waals surface area contributed by atoms with Gasteiger partial charge in [-0.15, -0.1) is 0 Å². The predicted octanol–water partition coefficient (Wildman–Crippen LogP) is 2.26. The van der Waals surface area contributed by atoms with E-state index in [2.05, 4.69) is 30.5 Å². The second-order valence-electron chi connectivity index (χ2n) is 6.87. The van der Waals surface area contributed by atoms with Crippen LogP contribution in [0, 0.1) is 11.3 Å². The van der Waals surface area contributed by atoms with Crippen LogP contribution in [-0.4, -0.2) is 19.4 Å². The minimum atomic E-state index is -3.59. The fraction of sp³-hybridized carbons (Fsp3) is 0.667. The molecular weight excluding hydrogens is 288 g/mol. The molecule has 0 radical (unpaired) electrons. The van der Waals surface area contributed by atoms with Crippen molar-refractivity contribution in [2.45, 2.75) is 57.4 Å². The normalized spacial score (nSPS) is 24.0. The Labute approximate surface area is 126 Å². The molecule has 5 nitrogen and oxygen atoms in total. The fourth-order valence-corrected chi connectivity index (χ4v) is 4.42. The molecule has 1 saturated carbocycles. The molecule has 1 aromatic rings. The van der Waals surface area contributed by atoms with Gasteiger partial charge in [0.25, 0.3) is 0 Å². The molecule has 1 aliphatic rings. The van der Waals surface area contributed by atoms with Crippen molar-refractivity contribution in [1.29, 1.82) is 0 Å². The minimum absolute atomic E-state index is 0.0457. The quantitative estimate of drug-likeness (QED) is 0.898. The summed E-state index contributed by atoms with van der Waals surface area (Å²) in [5.74, 6) is 0.323. The van der Waals surface area contributed by atoms with E-state index < -0.39 is 10.0 Å². The maximum Gasteiger partial charge on any atom is 0.247 e. The highest BCUT2D eigenvalue weighted by Crippen LogP contribution is 2.38. The molecule has 2 atom stereocenters. The van der Waals surface area contributed by atoms with Gasteiger partial charge >= 0.3 is 0 Å². The molecule has 118 valence electrons. The van der Waals surface area contributed by atoms with E-state index in [0.717, 1.165) is 25.7 Å². The summed E-state index contributed by atoms with van der Waals surface area (Å²) < 4.78 is 27.7. The Morgan fingerprint density at radius 2 is 1.86 bits per heavy atom. The van der Waals surface area contributed by atoms with Crippen molar-refractivity contribution in [3.05, 3.63) is 28.7 Å². The zero-order valence-corrected chi connectivity index (χ0v) is 13.7. The summed E-state index contributed by atoms with van der Waals surface area (Å²) in [5.41, 5.74) is -0.238. The number of aromatic nitrogens is 1. The second kappa shape index (κ2) is 5.93. The molecule has 1 heterocycles. The predicted molar refractivity (Wildman–Crippen MR) is 82.6 cm³/mol. The number of hydrogen-bond acceptors (Lipinski definition) is 3. The largest absolute Gasteiger partial charge is 0.328 e. The summed E-state index contributed by atoms with van der Waals surface area (Å²) in [6, 6.07) is 2.53. The Bertz CT molecular complexity index is 623. The van der Waals surface area contributed by atoms with Gasteiger partial charge in [0.15, 0.2) is 0 Å². The Morgan fingerprint density at radius 3 is 2.43 bits per heavy atom. The number of sulfonamides is 1. The van der Waals surface area contributed by atoms with E-state index in [1.165, 1.54) is 18.3 Å². The average Bonchev–Trinajstić information content (AvgIpc) is 2.38. The first-order valence-corrected chi connectivity index (χ1v) is 8.89. The van der Waals surface area contributed by atoms with Gasteiger partial charge in [-0.1, -0.05) is 33.6 Å². The van der Waals surface area contributed by atoms with Gasteiger partial charge in [0.1, 0.15) is 0 Å². The number of hydrogen-bond donors (Lipinski definition) is 2. The Morgan fingerprint density at radius 1 is 1.19 bits per heavy atom. The number of H-pyrrole nitrogens is 1. The zero-order valence-electron chi connectivity index (χ0n) is 12.8. The van der Waals surface area contributed by atoms with Crippen molar-refractivity contribution in [3.63, 3.8) is 0 Å². The Balaban J connectivity index is 2.22. The third kappa shape index (κ3) is 3.95. The van der Waals surface area contributed by atoms with E-state index in [4.69, 9.17) is 0 Å². The molecule has 6 heteroatoms. The van der Waals surface area contributed by atoms with Crippen molar-refractivity contribution in [2.24, 2.45) is 11.3 Å².